The lowest BCUT2D eigenvalue weighted by Crippen LogP contribution is -2.22. The van der Waals surface area contributed by atoms with Crippen LogP contribution in [0, 0.1) is 0 Å². The first kappa shape index (κ1) is 16.1. The van der Waals surface area contributed by atoms with Crippen LogP contribution in [0.2, 0.25) is 0 Å². The molecule has 0 bridgehead atoms. The quantitative estimate of drug-likeness (QED) is 0.660. The highest BCUT2D eigenvalue weighted by molar-refractivity contribution is 9.10. The summed E-state index contributed by atoms with van der Waals surface area (Å²) < 4.78 is 1.18. The number of rotatable bonds is 9. The van der Waals surface area contributed by atoms with Crippen molar-refractivity contribution in [3.8, 4) is 0 Å². The molecule has 0 aromatic heterocycles. The van der Waals surface area contributed by atoms with Crippen LogP contribution in [0.1, 0.15) is 38.2 Å². The molecule has 102 valence electrons. The highest BCUT2D eigenvalue weighted by atomic mass is 79.9. The monoisotopic (exact) mass is 329 g/mol. The Hall–Kier alpha value is 0.01000. The Labute approximate surface area is 124 Å². The van der Waals surface area contributed by atoms with Gasteiger partial charge in [-0.3, -0.25) is 0 Å². The summed E-state index contributed by atoms with van der Waals surface area (Å²) in [6, 6.07) is 8.74. The number of hydrogen-bond acceptors (Lipinski definition) is 2. The van der Waals surface area contributed by atoms with Gasteiger partial charge in [0.1, 0.15) is 0 Å². The van der Waals surface area contributed by atoms with Crippen LogP contribution in [0.25, 0.3) is 0 Å². The summed E-state index contributed by atoms with van der Waals surface area (Å²) in [5.41, 5.74) is 1.45. The van der Waals surface area contributed by atoms with E-state index in [-0.39, 0.29) is 0 Å². The Bertz CT molecular complexity index is 320. The zero-order valence-electron chi connectivity index (χ0n) is 11.4. The molecule has 0 fully saturated rings. The molecule has 3 heteroatoms. The molecule has 1 N–H and O–H groups in total. The minimum atomic E-state index is 0.632. The van der Waals surface area contributed by atoms with Gasteiger partial charge in [-0.05, 0) is 54.5 Å². The minimum absolute atomic E-state index is 0.632. The molecule has 0 aliphatic carbocycles. The summed E-state index contributed by atoms with van der Waals surface area (Å²) >= 11 is 5.60. The van der Waals surface area contributed by atoms with Crippen LogP contribution in [0.5, 0.6) is 0 Å². The summed E-state index contributed by atoms with van der Waals surface area (Å²) in [4.78, 5) is 0. The first-order chi connectivity index (χ1) is 8.77. The molecular formula is C15H24BrNS. The lowest BCUT2D eigenvalue weighted by molar-refractivity contribution is 0.570. The molecule has 18 heavy (non-hydrogen) atoms. The summed E-state index contributed by atoms with van der Waals surface area (Å²) in [6.45, 7) is 6.65. The van der Waals surface area contributed by atoms with Crippen molar-refractivity contribution in [2.75, 3.05) is 24.6 Å². The van der Waals surface area contributed by atoms with Crippen molar-refractivity contribution < 1.29 is 0 Å². The smallest absolute Gasteiger partial charge is 0.0178 e. The molecule has 0 aliphatic rings. The van der Waals surface area contributed by atoms with Gasteiger partial charge in [0, 0.05) is 11.0 Å². The average molecular weight is 330 g/mol. The summed E-state index contributed by atoms with van der Waals surface area (Å²) in [5, 5.41) is 3.56. The van der Waals surface area contributed by atoms with Gasteiger partial charge in [-0.2, -0.15) is 11.8 Å². The molecule has 1 nitrogen and oxygen atoms in total. The van der Waals surface area contributed by atoms with Gasteiger partial charge in [-0.1, -0.05) is 41.9 Å². The van der Waals surface area contributed by atoms with Crippen LogP contribution >= 0.6 is 27.7 Å². The summed E-state index contributed by atoms with van der Waals surface area (Å²) in [7, 11) is 0. The van der Waals surface area contributed by atoms with Crippen molar-refractivity contribution in [1.82, 2.24) is 5.32 Å². The minimum Gasteiger partial charge on any atom is -0.316 e. The van der Waals surface area contributed by atoms with Crippen LogP contribution in [0.4, 0.5) is 0 Å². The fourth-order valence-electron chi connectivity index (χ4n) is 1.97. The van der Waals surface area contributed by atoms with Crippen molar-refractivity contribution in [2.45, 2.75) is 32.6 Å². The van der Waals surface area contributed by atoms with Gasteiger partial charge in [-0.15, -0.1) is 0 Å². The standard InChI is InChI=1S/C15H24BrNS/c1-3-9-17-12-14(8-10-18-4-2)13-6-5-7-15(16)11-13/h5-7,11,14,17H,3-4,8-10,12H2,1-2H3. The molecular weight excluding hydrogens is 306 g/mol. The van der Waals surface area contributed by atoms with Crippen LogP contribution in [0.15, 0.2) is 28.7 Å². The second-order valence-corrected chi connectivity index (χ2v) is 6.75. The van der Waals surface area contributed by atoms with E-state index in [2.05, 4.69) is 59.4 Å². The predicted octanol–water partition coefficient (Wildman–Crippen LogP) is 4.68. The SMILES string of the molecule is CCCNCC(CCSCC)c1cccc(Br)c1. The maximum absolute atomic E-state index is 3.57. The Morgan fingerprint density at radius 3 is 2.83 bits per heavy atom. The van der Waals surface area contributed by atoms with E-state index < -0.39 is 0 Å². The highest BCUT2D eigenvalue weighted by Crippen LogP contribution is 2.24. The van der Waals surface area contributed by atoms with Crippen LogP contribution in [0.3, 0.4) is 0 Å². The predicted molar refractivity (Wildman–Crippen MR) is 87.7 cm³/mol. The number of thioether (sulfide) groups is 1. The van der Waals surface area contributed by atoms with E-state index in [0.717, 1.165) is 13.1 Å². The van der Waals surface area contributed by atoms with E-state index in [9.17, 15) is 0 Å². The molecule has 1 unspecified atom stereocenters. The van der Waals surface area contributed by atoms with E-state index in [4.69, 9.17) is 0 Å². The first-order valence-corrected chi connectivity index (χ1v) is 8.76. The third-order valence-corrected chi connectivity index (χ3v) is 4.38. The second-order valence-electron chi connectivity index (χ2n) is 4.44. The van der Waals surface area contributed by atoms with Gasteiger partial charge in [-0.25, -0.2) is 0 Å². The topological polar surface area (TPSA) is 12.0 Å². The molecule has 0 aliphatic heterocycles. The van der Waals surface area contributed by atoms with E-state index in [1.54, 1.807) is 0 Å². The molecule has 0 saturated heterocycles. The van der Waals surface area contributed by atoms with Crippen molar-refractivity contribution in [3.05, 3.63) is 34.3 Å². The maximum Gasteiger partial charge on any atom is 0.0178 e. The Morgan fingerprint density at radius 2 is 2.17 bits per heavy atom. The fraction of sp³-hybridized carbons (Fsp3) is 0.600. The lowest BCUT2D eigenvalue weighted by Gasteiger charge is -2.18. The number of benzene rings is 1. The van der Waals surface area contributed by atoms with Crippen molar-refractivity contribution in [3.63, 3.8) is 0 Å². The third-order valence-electron chi connectivity index (χ3n) is 2.95. The summed E-state index contributed by atoms with van der Waals surface area (Å²) in [5.74, 6) is 3.10. The lowest BCUT2D eigenvalue weighted by atomic mass is 9.96. The second kappa shape index (κ2) is 9.88. The van der Waals surface area contributed by atoms with Crippen molar-refractivity contribution >= 4 is 27.7 Å². The number of nitrogens with one attached hydrogen (secondary N) is 1. The van der Waals surface area contributed by atoms with Crippen molar-refractivity contribution in [2.24, 2.45) is 0 Å². The normalized spacial score (nSPS) is 12.6. The van der Waals surface area contributed by atoms with Crippen LogP contribution in [-0.4, -0.2) is 24.6 Å². The molecule has 0 saturated carbocycles. The van der Waals surface area contributed by atoms with Gasteiger partial charge in [0.15, 0.2) is 0 Å². The maximum atomic E-state index is 3.57. The molecule has 1 aromatic carbocycles. The molecule has 0 amide bonds. The van der Waals surface area contributed by atoms with Gasteiger partial charge in [0.05, 0.1) is 0 Å². The number of halogens is 1. The molecule has 0 radical (unpaired) electrons. The first-order valence-electron chi connectivity index (χ1n) is 6.81. The third kappa shape index (κ3) is 6.26. The molecule has 0 heterocycles. The van der Waals surface area contributed by atoms with Crippen LogP contribution in [-0.2, 0) is 0 Å². The van der Waals surface area contributed by atoms with Gasteiger partial charge < -0.3 is 5.32 Å². The molecule has 1 aromatic rings. The number of hydrogen-bond donors (Lipinski definition) is 1. The highest BCUT2D eigenvalue weighted by Gasteiger charge is 2.11. The fourth-order valence-corrected chi connectivity index (χ4v) is 3.13. The Balaban J connectivity index is 2.57. The average Bonchev–Trinajstić information content (AvgIpc) is 2.37. The van der Waals surface area contributed by atoms with Gasteiger partial charge in [0.2, 0.25) is 0 Å². The van der Waals surface area contributed by atoms with E-state index in [1.807, 2.05) is 11.8 Å². The Morgan fingerprint density at radius 1 is 1.33 bits per heavy atom. The Kier molecular flexibility index (Phi) is 8.82. The molecule has 1 rings (SSSR count). The van der Waals surface area contributed by atoms with E-state index in [0.29, 0.717) is 5.92 Å². The largest absolute Gasteiger partial charge is 0.316 e. The van der Waals surface area contributed by atoms with Crippen molar-refractivity contribution in [1.29, 1.82) is 0 Å². The van der Waals surface area contributed by atoms with E-state index >= 15 is 0 Å². The van der Waals surface area contributed by atoms with E-state index in [1.165, 1.54) is 34.4 Å². The molecule has 1 atom stereocenters. The summed E-state index contributed by atoms with van der Waals surface area (Å²) in [6.07, 6.45) is 2.46. The van der Waals surface area contributed by atoms with Crippen LogP contribution < -0.4 is 5.32 Å². The van der Waals surface area contributed by atoms with Gasteiger partial charge >= 0.3 is 0 Å². The molecule has 0 spiro atoms. The zero-order chi connectivity index (χ0) is 13.2. The zero-order valence-corrected chi connectivity index (χ0v) is 13.8. The van der Waals surface area contributed by atoms with Gasteiger partial charge in [0.25, 0.3) is 0 Å².